The van der Waals surface area contributed by atoms with Crippen LogP contribution in [0.5, 0.6) is 17.4 Å². The number of aryl methyl sites for hydroxylation is 1. The van der Waals surface area contributed by atoms with Crippen molar-refractivity contribution >= 4 is 17.5 Å². The summed E-state index contributed by atoms with van der Waals surface area (Å²) in [5.41, 5.74) is 2.39. The Bertz CT molecular complexity index is 1450. The van der Waals surface area contributed by atoms with E-state index < -0.39 is 5.82 Å². The van der Waals surface area contributed by atoms with Gasteiger partial charge >= 0.3 is 0 Å². The smallest absolute Gasteiger partial charge is 0.254 e. The van der Waals surface area contributed by atoms with Crippen LogP contribution >= 0.6 is 11.6 Å². The summed E-state index contributed by atoms with van der Waals surface area (Å²) in [6, 6.07) is 20.3. The molecule has 3 aromatic carbocycles. The third kappa shape index (κ3) is 6.08. The number of carbonyl (C=O) groups is 1. The minimum Gasteiger partial charge on any atom is -0.493 e. The molecule has 1 aliphatic heterocycles. The van der Waals surface area contributed by atoms with Crippen molar-refractivity contribution in [2.24, 2.45) is 0 Å². The second-order valence-electron chi connectivity index (χ2n) is 9.34. The van der Waals surface area contributed by atoms with E-state index in [-0.39, 0.29) is 24.1 Å². The van der Waals surface area contributed by atoms with Crippen molar-refractivity contribution in [3.05, 3.63) is 100 Å². The molecule has 7 nitrogen and oxygen atoms in total. The lowest BCUT2D eigenvalue weighted by atomic mass is 10.1. The van der Waals surface area contributed by atoms with Crippen LogP contribution in [0.15, 0.2) is 72.8 Å². The molecule has 39 heavy (non-hydrogen) atoms. The summed E-state index contributed by atoms with van der Waals surface area (Å²) in [6.07, 6.45) is 1.68. The molecule has 202 valence electrons. The number of hydrogen-bond donors (Lipinski definition) is 0. The van der Waals surface area contributed by atoms with Crippen LogP contribution in [0.25, 0.3) is 5.69 Å². The standard InChI is InChI=1S/C30H29ClFN3O4/c1-20-26(19-34(18-25-9-6-16-38-25)29(36)21-7-5-8-23(32)17-21)30(39-28-11-4-3-10-27(28)37-2)35(33-20)24-14-12-22(31)13-15-24/h3-5,7-8,10-15,17,25H,6,9,16,18-19H2,1-2H3/t25-/m0/s1. The molecule has 4 aromatic rings. The first kappa shape index (κ1) is 26.7. The van der Waals surface area contributed by atoms with Gasteiger partial charge in [-0.2, -0.15) is 5.10 Å². The highest BCUT2D eigenvalue weighted by molar-refractivity contribution is 6.30. The number of methoxy groups -OCH3 is 1. The number of nitrogens with zero attached hydrogens (tertiary/aromatic N) is 3. The van der Waals surface area contributed by atoms with E-state index in [1.54, 1.807) is 41.0 Å². The van der Waals surface area contributed by atoms with E-state index in [0.29, 0.717) is 46.8 Å². The lowest BCUT2D eigenvalue weighted by molar-refractivity contribution is 0.0505. The van der Waals surface area contributed by atoms with Gasteiger partial charge in [0.2, 0.25) is 5.88 Å². The van der Waals surface area contributed by atoms with Gasteiger partial charge in [-0.05, 0) is 74.4 Å². The summed E-state index contributed by atoms with van der Waals surface area (Å²) in [5.74, 6) is 0.718. The number of amides is 1. The Kier molecular flexibility index (Phi) is 8.14. The van der Waals surface area contributed by atoms with Crippen LogP contribution in [0.1, 0.15) is 34.5 Å². The number of hydrogen-bond acceptors (Lipinski definition) is 5. The quantitative estimate of drug-likeness (QED) is 0.235. The largest absolute Gasteiger partial charge is 0.493 e. The van der Waals surface area contributed by atoms with Crippen LogP contribution in [0, 0.1) is 12.7 Å². The molecule has 0 unspecified atom stereocenters. The second kappa shape index (κ2) is 11.9. The maximum atomic E-state index is 14.0. The second-order valence-corrected chi connectivity index (χ2v) is 9.78. The molecule has 0 N–H and O–H groups in total. The summed E-state index contributed by atoms with van der Waals surface area (Å²) < 4.78 is 33.5. The molecule has 1 aliphatic rings. The average molecular weight is 550 g/mol. The van der Waals surface area contributed by atoms with Gasteiger partial charge in [-0.1, -0.05) is 29.8 Å². The van der Waals surface area contributed by atoms with E-state index in [1.807, 2.05) is 37.3 Å². The van der Waals surface area contributed by atoms with E-state index in [9.17, 15) is 9.18 Å². The SMILES string of the molecule is COc1ccccc1Oc1c(CN(C[C@@H]2CCCO2)C(=O)c2cccc(F)c2)c(C)nn1-c1ccc(Cl)cc1. The van der Waals surface area contributed by atoms with Crippen LogP contribution in [-0.4, -0.2) is 47.0 Å². The maximum absolute atomic E-state index is 14.0. The lowest BCUT2D eigenvalue weighted by Gasteiger charge is -2.26. The third-order valence-electron chi connectivity index (χ3n) is 6.64. The fourth-order valence-corrected chi connectivity index (χ4v) is 4.76. The van der Waals surface area contributed by atoms with Gasteiger partial charge in [-0.15, -0.1) is 0 Å². The first-order valence-corrected chi connectivity index (χ1v) is 13.1. The highest BCUT2D eigenvalue weighted by Gasteiger charge is 2.28. The molecule has 1 atom stereocenters. The maximum Gasteiger partial charge on any atom is 0.254 e. The minimum atomic E-state index is -0.468. The van der Waals surface area contributed by atoms with Gasteiger partial charge < -0.3 is 19.1 Å². The Morgan fingerprint density at radius 2 is 1.90 bits per heavy atom. The minimum absolute atomic E-state index is 0.104. The van der Waals surface area contributed by atoms with Gasteiger partial charge in [0.1, 0.15) is 5.82 Å². The molecule has 0 radical (unpaired) electrons. The molecular formula is C30H29ClFN3O4. The van der Waals surface area contributed by atoms with Crippen molar-refractivity contribution in [1.29, 1.82) is 0 Å². The van der Waals surface area contributed by atoms with Crippen molar-refractivity contribution in [2.45, 2.75) is 32.4 Å². The number of aromatic nitrogens is 2. The molecule has 0 spiro atoms. The van der Waals surface area contributed by atoms with Crippen LogP contribution in [-0.2, 0) is 11.3 Å². The summed E-state index contributed by atoms with van der Waals surface area (Å²) >= 11 is 6.14. The van der Waals surface area contributed by atoms with Crippen LogP contribution < -0.4 is 9.47 Å². The Hall–Kier alpha value is -3.88. The number of ether oxygens (including phenoxy) is 3. The Morgan fingerprint density at radius 3 is 2.59 bits per heavy atom. The zero-order valence-corrected chi connectivity index (χ0v) is 22.5. The number of halogens is 2. The summed E-state index contributed by atoms with van der Waals surface area (Å²) in [6.45, 7) is 3.06. The molecule has 9 heteroatoms. The van der Waals surface area contributed by atoms with E-state index in [4.69, 9.17) is 30.9 Å². The molecule has 1 aromatic heterocycles. The van der Waals surface area contributed by atoms with Crippen molar-refractivity contribution in [3.63, 3.8) is 0 Å². The van der Waals surface area contributed by atoms with Gasteiger partial charge in [0, 0.05) is 23.7 Å². The fourth-order valence-electron chi connectivity index (χ4n) is 4.64. The van der Waals surface area contributed by atoms with E-state index in [1.165, 1.54) is 18.2 Å². The van der Waals surface area contributed by atoms with E-state index in [2.05, 4.69) is 0 Å². The monoisotopic (exact) mass is 549 g/mol. The third-order valence-corrected chi connectivity index (χ3v) is 6.89. The van der Waals surface area contributed by atoms with Crippen LogP contribution in [0.3, 0.4) is 0 Å². The number of para-hydroxylation sites is 2. The van der Waals surface area contributed by atoms with Gasteiger partial charge in [0.25, 0.3) is 5.91 Å². The first-order chi connectivity index (χ1) is 18.9. The zero-order valence-electron chi connectivity index (χ0n) is 21.8. The topological polar surface area (TPSA) is 65.8 Å². The van der Waals surface area contributed by atoms with Gasteiger partial charge in [0.05, 0.1) is 36.7 Å². The normalized spacial score (nSPS) is 14.8. The lowest BCUT2D eigenvalue weighted by Crippen LogP contribution is -2.37. The van der Waals surface area contributed by atoms with Gasteiger partial charge in [-0.3, -0.25) is 4.79 Å². The van der Waals surface area contributed by atoms with E-state index in [0.717, 1.165) is 18.5 Å². The van der Waals surface area contributed by atoms with Crippen molar-refractivity contribution in [2.75, 3.05) is 20.3 Å². The number of carbonyl (C=O) groups excluding carboxylic acids is 1. The average Bonchev–Trinajstić information content (AvgIpc) is 3.57. The highest BCUT2D eigenvalue weighted by Crippen LogP contribution is 2.36. The molecule has 0 aliphatic carbocycles. The predicted octanol–water partition coefficient (Wildman–Crippen LogP) is 6.60. The highest BCUT2D eigenvalue weighted by atomic mass is 35.5. The predicted molar refractivity (Wildman–Crippen MR) is 146 cm³/mol. The fraction of sp³-hybridized carbons (Fsp3) is 0.267. The van der Waals surface area contributed by atoms with Gasteiger partial charge in [-0.25, -0.2) is 9.07 Å². The van der Waals surface area contributed by atoms with E-state index >= 15 is 0 Å². The van der Waals surface area contributed by atoms with Crippen LogP contribution in [0.2, 0.25) is 5.02 Å². The molecule has 5 rings (SSSR count). The zero-order chi connectivity index (χ0) is 27.4. The van der Waals surface area contributed by atoms with Gasteiger partial charge in [0.15, 0.2) is 11.5 Å². The first-order valence-electron chi connectivity index (χ1n) is 12.7. The van der Waals surface area contributed by atoms with Crippen molar-refractivity contribution in [1.82, 2.24) is 14.7 Å². The molecule has 2 heterocycles. The number of benzene rings is 3. The summed E-state index contributed by atoms with van der Waals surface area (Å²) in [4.78, 5) is 15.4. The Balaban J connectivity index is 1.57. The molecule has 1 fully saturated rings. The van der Waals surface area contributed by atoms with Crippen LogP contribution in [0.4, 0.5) is 4.39 Å². The molecule has 0 bridgehead atoms. The molecule has 1 amide bonds. The van der Waals surface area contributed by atoms with Crippen molar-refractivity contribution < 1.29 is 23.4 Å². The molecule has 1 saturated heterocycles. The summed E-state index contributed by atoms with van der Waals surface area (Å²) in [7, 11) is 1.58. The Morgan fingerprint density at radius 1 is 1.13 bits per heavy atom. The number of rotatable bonds is 9. The van der Waals surface area contributed by atoms with Crippen molar-refractivity contribution in [3.8, 4) is 23.1 Å². The molecule has 0 saturated carbocycles. The molecular weight excluding hydrogens is 521 g/mol. The summed E-state index contributed by atoms with van der Waals surface area (Å²) in [5, 5.41) is 5.37. The Labute approximate surface area is 231 Å².